The van der Waals surface area contributed by atoms with Gasteiger partial charge < -0.3 is 10.1 Å². The van der Waals surface area contributed by atoms with Gasteiger partial charge in [0.15, 0.2) is 5.16 Å². The summed E-state index contributed by atoms with van der Waals surface area (Å²) >= 11 is 4.71. The van der Waals surface area contributed by atoms with Crippen LogP contribution in [0, 0.1) is 0 Å². The number of amides is 1. The van der Waals surface area contributed by atoms with Crippen molar-refractivity contribution in [3.05, 3.63) is 71.3 Å². The molecule has 1 N–H and O–H groups in total. The Morgan fingerprint density at radius 1 is 1.14 bits per heavy atom. The van der Waals surface area contributed by atoms with E-state index in [-0.39, 0.29) is 11.7 Å². The van der Waals surface area contributed by atoms with Crippen LogP contribution >= 0.6 is 27.7 Å². The highest BCUT2D eigenvalue weighted by Gasteiger charge is 2.15. The van der Waals surface area contributed by atoms with Crippen molar-refractivity contribution in [2.75, 3.05) is 18.2 Å². The number of carbonyl (C=O) groups is 1. The van der Waals surface area contributed by atoms with E-state index in [0.717, 1.165) is 32.1 Å². The van der Waals surface area contributed by atoms with Crippen LogP contribution in [-0.4, -0.2) is 33.3 Å². The van der Waals surface area contributed by atoms with Gasteiger partial charge in [0.1, 0.15) is 11.6 Å². The molecule has 2 heterocycles. The fourth-order valence-corrected chi connectivity index (χ4v) is 3.90. The van der Waals surface area contributed by atoms with Gasteiger partial charge in [0.2, 0.25) is 5.91 Å². The maximum Gasteiger partial charge on any atom is 0.236 e. The molecular formula is C21H17BrN4O2S. The van der Waals surface area contributed by atoms with Crippen molar-refractivity contribution >= 4 is 50.5 Å². The number of halogens is 1. The van der Waals surface area contributed by atoms with Crippen molar-refractivity contribution < 1.29 is 9.53 Å². The fourth-order valence-electron chi connectivity index (χ4n) is 2.84. The molecule has 4 rings (SSSR count). The smallest absolute Gasteiger partial charge is 0.236 e. The molecule has 0 atom stereocenters. The number of aromatic nitrogens is 3. The number of hydrogen-bond donors (Lipinski definition) is 1. The molecule has 0 spiro atoms. The van der Waals surface area contributed by atoms with Crippen molar-refractivity contribution in [3.63, 3.8) is 0 Å². The number of benzene rings is 2. The van der Waals surface area contributed by atoms with Gasteiger partial charge in [-0.25, -0.2) is 9.97 Å². The van der Waals surface area contributed by atoms with Gasteiger partial charge in [-0.2, -0.15) is 0 Å². The third kappa shape index (κ3) is 4.44. The number of ether oxygens (including phenoxy) is 1. The largest absolute Gasteiger partial charge is 0.497 e. The van der Waals surface area contributed by atoms with Gasteiger partial charge in [-0.3, -0.25) is 9.36 Å². The first kappa shape index (κ1) is 19.5. The Kier molecular flexibility index (Phi) is 5.82. The van der Waals surface area contributed by atoms with Crippen LogP contribution in [0.2, 0.25) is 0 Å². The molecule has 0 bridgehead atoms. The van der Waals surface area contributed by atoms with Crippen molar-refractivity contribution in [3.8, 4) is 11.4 Å². The van der Waals surface area contributed by atoms with E-state index in [1.54, 1.807) is 19.4 Å². The summed E-state index contributed by atoms with van der Waals surface area (Å²) in [5, 5.41) is 3.55. The number of hydrogen-bond acceptors (Lipinski definition) is 5. The maximum absolute atomic E-state index is 12.4. The minimum absolute atomic E-state index is 0.141. The van der Waals surface area contributed by atoms with E-state index in [0.29, 0.717) is 5.82 Å². The SMILES string of the molecule is COc1ccc(-n2c(SCC(=O)Nc3ccc(Br)cn3)nc3ccccc32)cc1. The van der Waals surface area contributed by atoms with Crippen molar-refractivity contribution in [1.29, 1.82) is 0 Å². The Morgan fingerprint density at radius 2 is 1.93 bits per heavy atom. The zero-order chi connectivity index (χ0) is 20.2. The maximum atomic E-state index is 12.4. The van der Waals surface area contributed by atoms with Crippen LogP contribution in [0.3, 0.4) is 0 Å². The van der Waals surface area contributed by atoms with Crippen LogP contribution in [0.4, 0.5) is 5.82 Å². The van der Waals surface area contributed by atoms with Gasteiger partial charge in [-0.15, -0.1) is 0 Å². The third-order valence-corrected chi connectivity index (χ3v) is 5.60. The number of anilines is 1. The Bertz CT molecular complexity index is 1140. The lowest BCUT2D eigenvalue weighted by molar-refractivity contribution is -0.113. The number of nitrogens with zero attached hydrogens (tertiary/aromatic N) is 3. The summed E-state index contributed by atoms with van der Waals surface area (Å²) < 4.78 is 8.16. The summed E-state index contributed by atoms with van der Waals surface area (Å²) in [4.78, 5) is 21.3. The predicted octanol–water partition coefficient (Wildman–Crippen LogP) is 4.92. The number of pyridine rings is 1. The number of thioether (sulfide) groups is 1. The van der Waals surface area contributed by atoms with E-state index >= 15 is 0 Å². The highest BCUT2D eigenvalue weighted by Crippen LogP contribution is 2.29. The average Bonchev–Trinajstić information content (AvgIpc) is 3.12. The van der Waals surface area contributed by atoms with Gasteiger partial charge >= 0.3 is 0 Å². The van der Waals surface area contributed by atoms with Crippen LogP contribution < -0.4 is 10.1 Å². The molecule has 2 aromatic carbocycles. The molecule has 29 heavy (non-hydrogen) atoms. The number of nitrogens with one attached hydrogen (secondary N) is 1. The molecule has 146 valence electrons. The van der Waals surface area contributed by atoms with E-state index in [1.807, 2.05) is 59.2 Å². The summed E-state index contributed by atoms with van der Waals surface area (Å²) in [5.74, 6) is 1.38. The van der Waals surface area contributed by atoms with Crippen molar-refractivity contribution in [2.24, 2.45) is 0 Å². The number of carbonyl (C=O) groups excluding carboxylic acids is 1. The minimum Gasteiger partial charge on any atom is -0.497 e. The van der Waals surface area contributed by atoms with Crippen LogP contribution in [0.25, 0.3) is 16.7 Å². The zero-order valence-corrected chi connectivity index (χ0v) is 17.9. The summed E-state index contributed by atoms with van der Waals surface area (Å²) in [5.41, 5.74) is 2.81. The first-order valence-electron chi connectivity index (χ1n) is 8.80. The molecule has 0 aliphatic rings. The monoisotopic (exact) mass is 468 g/mol. The van der Waals surface area contributed by atoms with Crippen LogP contribution in [0.15, 0.2) is 76.5 Å². The van der Waals surface area contributed by atoms with Gasteiger partial charge in [0.25, 0.3) is 0 Å². The second-order valence-corrected chi connectivity index (χ2v) is 7.97. The van der Waals surface area contributed by atoms with E-state index in [4.69, 9.17) is 9.72 Å². The first-order chi connectivity index (χ1) is 14.1. The molecule has 1 amide bonds. The Hall–Kier alpha value is -2.84. The molecule has 0 aliphatic heterocycles. The molecule has 0 saturated heterocycles. The van der Waals surface area contributed by atoms with E-state index < -0.39 is 0 Å². The topological polar surface area (TPSA) is 69.0 Å². The molecule has 0 unspecified atom stereocenters. The minimum atomic E-state index is -0.141. The summed E-state index contributed by atoms with van der Waals surface area (Å²) in [6.07, 6.45) is 1.64. The van der Waals surface area contributed by atoms with E-state index in [9.17, 15) is 4.79 Å². The number of fused-ring (bicyclic) bond motifs is 1. The standard InChI is InChI=1S/C21H17BrN4O2S/c1-28-16-9-7-15(8-10-16)26-18-5-3-2-4-17(18)24-21(26)29-13-20(27)25-19-11-6-14(22)12-23-19/h2-12H,13H2,1H3,(H,23,25,27). The number of methoxy groups -OCH3 is 1. The highest BCUT2D eigenvalue weighted by atomic mass is 79.9. The van der Waals surface area contributed by atoms with Crippen LogP contribution in [0.1, 0.15) is 0 Å². The van der Waals surface area contributed by atoms with Crippen LogP contribution in [-0.2, 0) is 4.79 Å². The molecule has 8 heteroatoms. The molecular weight excluding hydrogens is 452 g/mol. The van der Waals surface area contributed by atoms with Gasteiger partial charge in [0, 0.05) is 16.4 Å². The molecule has 6 nitrogen and oxygen atoms in total. The zero-order valence-electron chi connectivity index (χ0n) is 15.5. The molecule has 2 aromatic heterocycles. The number of rotatable bonds is 6. The van der Waals surface area contributed by atoms with Gasteiger partial charge in [-0.05, 0) is 64.5 Å². The van der Waals surface area contributed by atoms with Crippen molar-refractivity contribution in [2.45, 2.75) is 5.16 Å². The molecule has 0 fully saturated rings. The lowest BCUT2D eigenvalue weighted by Gasteiger charge is -2.10. The highest BCUT2D eigenvalue weighted by molar-refractivity contribution is 9.10. The number of para-hydroxylation sites is 2. The normalized spacial score (nSPS) is 10.8. The number of imidazole rings is 1. The summed E-state index contributed by atoms with van der Waals surface area (Å²) in [7, 11) is 1.64. The molecule has 4 aromatic rings. The van der Waals surface area contributed by atoms with Crippen molar-refractivity contribution in [1.82, 2.24) is 14.5 Å². The Balaban J connectivity index is 1.58. The molecule has 0 saturated carbocycles. The van der Waals surface area contributed by atoms with E-state index in [1.165, 1.54) is 11.8 Å². The molecule has 0 radical (unpaired) electrons. The summed E-state index contributed by atoms with van der Waals surface area (Å²) in [6.45, 7) is 0. The van der Waals surface area contributed by atoms with Crippen LogP contribution in [0.5, 0.6) is 5.75 Å². The quantitative estimate of drug-likeness (QED) is 0.406. The average molecular weight is 469 g/mol. The van der Waals surface area contributed by atoms with E-state index in [2.05, 4.69) is 26.2 Å². The molecule has 0 aliphatic carbocycles. The third-order valence-electron chi connectivity index (χ3n) is 4.19. The van der Waals surface area contributed by atoms with Gasteiger partial charge in [-0.1, -0.05) is 23.9 Å². The Morgan fingerprint density at radius 3 is 2.66 bits per heavy atom. The first-order valence-corrected chi connectivity index (χ1v) is 10.6. The fraction of sp³-hybridized carbons (Fsp3) is 0.0952. The Labute approximate surface area is 180 Å². The lowest BCUT2D eigenvalue weighted by Crippen LogP contribution is -2.15. The second-order valence-electron chi connectivity index (χ2n) is 6.12. The predicted molar refractivity (Wildman–Crippen MR) is 119 cm³/mol. The second kappa shape index (κ2) is 8.67. The lowest BCUT2D eigenvalue weighted by atomic mass is 10.2. The van der Waals surface area contributed by atoms with Gasteiger partial charge in [0.05, 0.1) is 23.9 Å². The summed E-state index contributed by atoms with van der Waals surface area (Å²) in [6, 6.07) is 19.3.